The number of methoxy groups -OCH3 is 1. The molecule has 0 aromatic carbocycles. The fraction of sp³-hybridized carbons (Fsp3) is 0.571. The van der Waals surface area contributed by atoms with Crippen LogP contribution in [0.1, 0.15) is 39.5 Å². The van der Waals surface area contributed by atoms with Gasteiger partial charge in [0.25, 0.3) is 0 Å². The lowest BCUT2D eigenvalue weighted by molar-refractivity contribution is 0.0346. The fourth-order valence-corrected chi connectivity index (χ4v) is 2.49. The number of carbonyl (C=O) groups excluding carboxylic acids is 1. The first-order chi connectivity index (χ1) is 9.64. The Morgan fingerprint density at radius 1 is 1.48 bits per heavy atom. The third-order valence-corrected chi connectivity index (χ3v) is 3.29. The first kappa shape index (κ1) is 18.2. The summed E-state index contributed by atoms with van der Waals surface area (Å²) in [5.74, 6) is 0. The maximum absolute atomic E-state index is 11.8. The Hall–Kier alpha value is -0.850. The van der Waals surface area contributed by atoms with Crippen molar-refractivity contribution in [3.63, 3.8) is 0 Å². The lowest BCUT2D eigenvalue weighted by atomic mass is 10.1. The molecule has 0 fully saturated rings. The van der Waals surface area contributed by atoms with Crippen LogP contribution in [0.25, 0.3) is 0 Å². The summed E-state index contributed by atoms with van der Waals surface area (Å²) in [6.07, 6.45) is 0.649. The minimum atomic E-state index is -0.556. The zero-order chi connectivity index (χ0) is 16.2. The summed E-state index contributed by atoms with van der Waals surface area (Å²) in [6.45, 7) is 7.22. The lowest BCUT2D eigenvalue weighted by Gasteiger charge is -2.26. The second-order valence-electron chi connectivity index (χ2n) is 5.61. The molecule has 0 aliphatic rings. The van der Waals surface area contributed by atoms with Crippen LogP contribution in [0.2, 0.25) is 5.02 Å². The topological polar surface area (TPSA) is 60.5 Å². The Kier molecular flexibility index (Phi) is 6.43. The van der Waals surface area contributed by atoms with E-state index in [4.69, 9.17) is 21.1 Å². The molecule has 118 valence electrons. The van der Waals surface area contributed by atoms with E-state index in [9.17, 15) is 4.79 Å². The van der Waals surface area contributed by atoms with Gasteiger partial charge in [0.1, 0.15) is 11.7 Å². The largest absolute Gasteiger partial charge is 0.444 e. The standard InChI is InChI=1S/C14H20BrClN2O3/c1-8(18-13(19)21-14(2,3)4)12(20-5)11-10(16)6-9(15)7-17-11/h6-8,12H,1-5H3,(H,18,19). The SMILES string of the molecule is COC(c1ncc(Br)cc1Cl)C(C)NC(=O)OC(C)(C)C. The van der Waals surface area contributed by atoms with E-state index >= 15 is 0 Å². The van der Waals surface area contributed by atoms with Crippen LogP contribution in [-0.2, 0) is 9.47 Å². The number of halogens is 2. The molecule has 0 aliphatic carbocycles. The molecule has 5 nitrogen and oxygen atoms in total. The molecule has 0 bridgehead atoms. The molecular formula is C14H20BrClN2O3. The van der Waals surface area contributed by atoms with Crippen LogP contribution in [0.15, 0.2) is 16.7 Å². The van der Waals surface area contributed by atoms with Gasteiger partial charge in [-0.25, -0.2) is 4.79 Å². The number of aromatic nitrogens is 1. The molecule has 7 heteroatoms. The molecule has 0 saturated heterocycles. The van der Waals surface area contributed by atoms with Gasteiger partial charge in [0.2, 0.25) is 0 Å². The van der Waals surface area contributed by atoms with Gasteiger partial charge >= 0.3 is 6.09 Å². The van der Waals surface area contributed by atoms with E-state index in [0.717, 1.165) is 4.47 Å². The Balaban J connectivity index is 2.82. The quantitative estimate of drug-likeness (QED) is 0.855. The highest BCUT2D eigenvalue weighted by atomic mass is 79.9. The van der Waals surface area contributed by atoms with Gasteiger partial charge in [-0.1, -0.05) is 11.6 Å². The summed E-state index contributed by atoms with van der Waals surface area (Å²) in [7, 11) is 1.54. The van der Waals surface area contributed by atoms with Crippen molar-refractivity contribution >= 4 is 33.6 Å². The van der Waals surface area contributed by atoms with E-state index in [1.165, 1.54) is 7.11 Å². The van der Waals surface area contributed by atoms with E-state index in [-0.39, 0.29) is 6.04 Å². The zero-order valence-electron chi connectivity index (χ0n) is 12.7. The summed E-state index contributed by atoms with van der Waals surface area (Å²) in [4.78, 5) is 16.1. The van der Waals surface area contributed by atoms with Crippen molar-refractivity contribution in [1.29, 1.82) is 0 Å². The van der Waals surface area contributed by atoms with Crippen LogP contribution < -0.4 is 5.32 Å². The molecule has 0 spiro atoms. The number of hydrogen-bond donors (Lipinski definition) is 1. The van der Waals surface area contributed by atoms with Crippen LogP contribution in [0.4, 0.5) is 4.79 Å². The van der Waals surface area contributed by atoms with Crippen LogP contribution >= 0.6 is 27.5 Å². The van der Waals surface area contributed by atoms with Gasteiger partial charge in [0.15, 0.2) is 0 Å². The summed E-state index contributed by atoms with van der Waals surface area (Å²) >= 11 is 9.47. The third kappa shape index (κ3) is 5.80. The molecule has 1 amide bonds. The molecule has 2 atom stereocenters. The number of hydrogen-bond acceptors (Lipinski definition) is 4. The highest BCUT2D eigenvalue weighted by molar-refractivity contribution is 9.10. The van der Waals surface area contributed by atoms with Gasteiger partial charge in [-0.05, 0) is 49.7 Å². The molecule has 0 radical (unpaired) electrons. The second kappa shape index (κ2) is 7.42. The lowest BCUT2D eigenvalue weighted by Crippen LogP contribution is -2.41. The van der Waals surface area contributed by atoms with Crippen molar-refractivity contribution in [3.8, 4) is 0 Å². The van der Waals surface area contributed by atoms with Crippen LogP contribution in [-0.4, -0.2) is 29.8 Å². The Labute approximate surface area is 138 Å². The minimum absolute atomic E-state index is 0.351. The highest BCUT2D eigenvalue weighted by Crippen LogP contribution is 2.28. The maximum atomic E-state index is 11.8. The van der Waals surface area contributed by atoms with Gasteiger partial charge in [-0.15, -0.1) is 0 Å². The van der Waals surface area contributed by atoms with Crippen molar-refractivity contribution in [2.45, 2.75) is 45.4 Å². The normalized spacial score (nSPS) is 14.4. The van der Waals surface area contributed by atoms with Crippen LogP contribution in [0.5, 0.6) is 0 Å². The van der Waals surface area contributed by atoms with Gasteiger partial charge in [0, 0.05) is 17.8 Å². The summed E-state index contributed by atoms with van der Waals surface area (Å²) in [5.41, 5.74) is 0.00537. The summed E-state index contributed by atoms with van der Waals surface area (Å²) in [6, 6.07) is 1.38. The molecule has 1 aromatic heterocycles. The second-order valence-corrected chi connectivity index (χ2v) is 6.93. The smallest absolute Gasteiger partial charge is 0.407 e. The van der Waals surface area contributed by atoms with Crippen molar-refractivity contribution in [1.82, 2.24) is 10.3 Å². The van der Waals surface area contributed by atoms with Crippen molar-refractivity contribution in [2.24, 2.45) is 0 Å². The third-order valence-electron chi connectivity index (χ3n) is 2.56. The van der Waals surface area contributed by atoms with Crippen LogP contribution in [0.3, 0.4) is 0 Å². The van der Waals surface area contributed by atoms with E-state index in [0.29, 0.717) is 10.7 Å². The number of ether oxygens (including phenoxy) is 2. The van der Waals surface area contributed by atoms with Crippen molar-refractivity contribution in [3.05, 3.63) is 27.5 Å². The van der Waals surface area contributed by atoms with Gasteiger partial charge in [-0.3, -0.25) is 4.98 Å². The number of alkyl carbamates (subject to hydrolysis) is 1. The average molecular weight is 380 g/mol. The van der Waals surface area contributed by atoms with Gasteiger partial charge in [-0.2, -0.15) is 0 Å². The number of nitrogens with zero attached hydrogens (tertiary/aromatic N) is 1. The zero-order valence-corrected chi connectivity index (χ0v) is 15.1. The predicted molar refractivity (Wildman–Crippen MR) is 85.5 cm³/mol. The minimum Gasteiger partial charge on any atom is -0.444 e. The Morgan fingerprint density at radius 2 is 2.10 bits per heavy atom. The van der Waals surface area contributed by atoms with E-state index in [1.807, 2.05) is 0 Å². The first-order valence-corrected chi connectivity index (χ1v) is 7.64. The molecule has 2 unspecified atom stereocenters. The predicted octanol–water partition coefficient (Wildman–Crippen LogP) is 4.10. The fourth-order valence-electron chi connectivity index (χ4n) is 1.76. The van der Waals surface area contributed by atoms with Gasteiger partial charge < -0.3 is 14.8 Å². The van der Waals surface area contributed by atoms with Crippen molar-refractivity contribution < 1.29 is 14.3 Å². The molecule has 1 N–H and O–H groups in total. The summed E-state index contributed by atoms with van der Waals surface area (Å²) < 4.78 is 11.4. The van der Waals surface area contributed by atoms with Crippen LogP contribution in [0, 0.1) is 0 Å². The molecule has 21 heavy (non-hydrogen) atoms. The highest BCUT2D eigenvalue weighted by Gasteiger charge is 2.26. The van der Waals surface area contributed by atoms with Gasteiger partial charge in [0.05, 0.1) is 16.8 Å². The number of amides is 1. The summed E-state index contributed by atoms with van der Waals surface area (Å²) in [5, 5.41) is 3.20. The van der Waals surface area contributed by atoms with E-state index in [1.54, 1.807) is 40.0 Å². The Bertz CT molecular complexity index is 505. The number of rotatable bonds is 4. The maximum Gasteiger partial charge on any atom is 0.407 e. The van der Waals surface area contributed by atoms with Crippen molar-refractivity contribution in [2.75, 3.05) is 7.11 Å². The Morgan fingerprint density at radius 3 is 2.57 bits per heavy atom. The molecule has 1 aromatic rings. The first-order valence-electron chi connectivity index (χ1n) is 6.47. The molecule has 1 heterocycles. The van der Waals surface area contributed by atoms with E-state index in [2.05, 4.69) is 26.2 Å². The number of carbonyl (C=O) groups is 1. The monoisotopic (exact) mass is 378 g/mol. The molecule has 0 saturated carbocycles. The molecule has 0 aliphatic heterocycles. The molecule has 1 rings (SSSR count). The number of pyridine rings is 1. The average Bonchev–Trinajstić information content (AvgIpc) is 2.30. The van der Waals surface area contributed by atoms with E-state index < -0.39 is 17.8 Å². The molecular weight excluding hydrogens is 360 g/mol. The number of nitrogens with one attached hydrogen (secondary N) is 1.